The Hall–Kier alpha value is -3.13. The molecule has 3 aromatic rings. The van der Waals surface area contributed by atoms with Crippen molar-refractivity contribution in [2.75, 3.05) is 18.1 Å². The first-order valence-electron chi connectivity index (χ1n) is 7.88. The van der Waals surface area contributed by atoms with Crippen molar-refractivity contribution in [2.45, 2.75) is 5.16 Å². The van der Waals surface area contributed by atoms with Crippen LogP contribution in [-0.2, 0) is 4.79 Å². The monoisotopic (exact) mass is 367 g/mol. The number of carbonyl (C=O) groups is 2. The second-order valence-electron chi connectivity index (χ2n) is 5.33. The standard InChI is InChI=1S/C18H17N5O2S/c1-19-17(25)13-8-5-9-14(10-13)20-15(24)11-26-18-21-16(22-23-18)12-6-3-2-4-7-12/h2-10H,11H2,1H3,(H,19,25)(H,20,24)(H,21,22,23). The third-order valence-corrected chi connectivity index (χ3v) is 4.33. The smallest absolute Gasteiger partial charge is 0.251 e. The zero-order chi connectivity index (χ0) is 18.4. The van der Waals surface area contributed by atoms with Crippen LogP contribution in [0.1, 0.15) is 10.4 Å². The number of anilines is 1. The maximum absolute atomic E-state index is 12.1. The molecule has 1 heterocycles. The Morgan fingerprint density at radius 2 is 1.92 bits per heavy atom. The number of rotatable bonds is 6. The van der Waals surface area contributed by atoms with Gasteiger partial charge in [0.1, 0.15) is 0 Å². The predicted octanol–water partition coefficient (Wildman–Crippen LogP) is 2.56. The van der Waals surface area contributed by atoms with Gasteiger partial charge in [0.2, 0.25) is 11.1 Å². The number of hydrogen-bond donors (Lipinski definition) is 3. The van der Waals surface area contributed by atoms with E-state index in [-0.39, 0.29) is 17.6 Å². The molecule has 0 aliphatic rings. The van der Waals surface area contributed by atoms with Gasteiger partial charge in [0.15, 0.2) is 5.82 Å². The molecular weight excluding hydrogens is 350 g/mol. The number of nitrogens with one attached hydrogen (secondary N) is 3. The van der Waals surface area contributed by atoms with Crippen LogP contribution in [-0.4, -0.2) is 39.8 Å². The summed E-state index contributed by atoms with van der Waals surface area (Å²) in [4.78, 5) is 28.1. The molecule has 0 saturated carbocycles. The van der Waals surface area contributed by atoms with Crippen molar-refractivity contribution in [2.24, 2.45) is 0 Å². The zero-order valence-corrected chi connectivity index (χ0v) is 14.8. The lowest BCUT2D eigenvalue weighted by Gasteiger charge is -2.06. The minimum Gasteiger partial charge on any atom is -0.355 e. The van der Waals surface area contributed by atoms with Gasteiger partial charge in [-0.3, -0.25) is 14.7 Å². The van der Waals surface area contributed by atoms with Crippen molar-refractivity contribution in [1.82, 2.24) is 20.5 Å². The summed E-state index contributed by atoms with van der Waals surface area (Å²) in [5.74, 6) is 0.419. The number of benzene rings is 2. The van der Waals surface area contributed by atoms with Gasteiger partial charge in [-0.15, -0.1) is 5.10 Å². The number of amides is 2. The summed E-state index contributed by atoms with van der Waals surface area (Å²) in [5.41, 5.74) is 1.98. The maximum atomic E-state index is 12.1. The summed E-state index contributed by atoms with van der Waals surface area (Å²) in [5, 5.41) is 12.8. The molecule has 0 bridgehead atoms. The average Bonchev–Trinajstić information content (AvgIpc) is 3.16. The summed E-state index contributed by atoms with van der Waals surface area (Å²) in [7, 11) is 1.56. The molecule has 0 radical (unpaired) electrons. The van der Waals surface area contributed by atoms with E-state index < -0.39 is 0 Å². The minimum absolute atomic E-state index is 0.163. The van der Waals surface area contributed by atoms with Gasteiger partial charge in [-0.1, -0.05) is 48.2 Å². The van der Waals surface area contributed by atoms with Crippen molar-refractivity contribution in [1.29, 1.82) is 0 Å². The molecule has 2 amide bonds. The quantitative estimate of drug-likeness (QED) is 0.582. The van der Waals surface area contributed by atoms with E-state index in [0.717, 1.165) is 5.56 Å². The molecule has 0 atom stereocenters. The number of aromatic nitrogens is 3. The number of thioether (sulfide) groups is 1. The maximum Gasteiger partial charge on any atom is 0.251 e. The fourth-order valence-electron chi connectivity index (χ4n) is 2.25. The normalized spacial score (nSPS) is 10.3. The summed E-state index contributed by atoms with van der Waals surface area (Å²) < 4.78 is 0. The lowest BCUT2D eigenvalue weighted by molar-refractivity contribution is -0.113. The number of aromatic amines is 1. The average molecular weight is 367 g/mol. The van der Waals surface area contributed by atoms with Crippen LogP contribution in [0.4, 0.5) is 5.69 Å². The van der Waals surface area contributed by atoms with Crippen molar-refractivity contribution in [3.8, 4) is 11.4 Å². The highest BCUT2D eigenvalue weighted by atomic mass is 32.2. The molecule has 0 spiro atoms. The van der Waals surface area contributed by atoms with E-state index in [2.05, 4.69) is 25.8 Å². The van der Waals surface area contributed by atoms with E-state index in [1.807, 2.05) is 30.3 Å². The Balaban J connectivity index is 1.56. The molecule has 132 valence electrons. The van der Waals surface area contributed by atoms with Crippen LogP contribution in [0.15, 0.2) is 59.8 Å². The highest BCUT2D eigenvalue weighted by Gasteiger charge is 2.10. The van der Waals surface area contributed by atoms with Gasteiger partial charge in [-0.2, -0.15) is 0 Å². The van der Waals surface area contributed by atoms with Gasteiger partial charge >= 0.3 is 0 Å². The van der Waals surface area contributed by atoms with E-state index in [1.54, 1.807) is 31.3 Å². The molecule has 0 fully saturated rings. The Morgan fingerprint density at radius 1 is 1.12 bits per heavy atom. The van der Waals surface area contributed by atoms with Crippen LogP contribution in [0, 0.1) is 0 Å². The van der Waals surface area contributed by atoms with Crippen molar-refractivity contribution < 1.29 is 9.59 Å². The van der Waals surface area contributed by atoms with E-state index >= 15 is 0 Å². The number of nitrogens with zero attached hydrogens (tertiary/aromatic N) is 2. The van der Waals surface area contributed by atoms with Crippen LogP contribution < -0.4 is 10.6 Å². The molecule has 3 N–H and O–H groups in total. The molecule has 1 aromatic heterocycles. The molecule has 26 heavy (non-hydrogen) atoms. The van der Waals surface area contributed by atoms with Crippen LogP contribution in [0.3, 0.4) is 0 Å². The number of hydrogen-bond acceptors (Lipinski definition) is 5. The summed E-state index contributed by atoms with van der Waals surface area (Å²) in [6, 6.07) is 16.4. The molecule has 0 aliphatic heterocycles. The Kier molecular flexibility index (Phi) is 5.65. The highest BCUT2D eigenvalue weighted by molar-refractivity contribution is 7.99. The van der Waals surface area contributed by atoms with E-state index in [4.69, 9.17) is 0 Å². The van der Waals surface area contributed by atoms with E-state index in [9.17, 15) is 9.59 Å². The molecule has 3 rings (SSSR count). The van der Waals surface area contributed by atoms with Crippen molar-refractivity contribution in [3.05, 3.63) is 60.2 Å². The third kappa shape index (κ3) is 4.48. The summed E-state index contributed by atoms with van der Waals surface area (Å²) >= 11 is 1.23. The Labute approximate surface area is 154 Å². The summed E-state index contributed by atoms with van der Waals surface area (Å²) in [6.45, 7) is 0. The van der Waals surface area contributed by atoms with Crippen LogP contribution in [0.25, 0.3) is 11.4 Å². The minimum atomic E-state index is -0.204. The van der Waals surface area contributed by atoms with Gasteiger partial charge in [-0.25, -0.2) is 4.98 Å². The molecule has 2 aromatic carbocycles. The first-order chi connectivity index (χ1) is 12.7. The molecule has 8 heteroatoms. The fraction of sp³-hybridized carbons (Fsp3) is 0.111. The van der Waals surface area contributed by atoms with Gasteiger partial charge in [-0.05, 0) is 18.2 Å². The zero-order valence-electron chi connectivity index (χ0n) is 14.0. The van der Waals surface area contributed by atoms with E-state index in [0.29, 0.717) is 22.2 Å². The fourth-order valence-corrected chi connectivity index (χ4v) is 2.84. The van der Waals surface area contributed by atoms with Crippen LogP contribution >= 0.6 is 11.8 Å². The van der Waals surface area contributed by atoms with Gasteiger partial charge in [0.05, 0.1) is 5.75 Å². The molecule has 0 saturated heterocycles. The SMILES string of the molecule is CNC(=O)c1cccc(NC(=O)CSc2n[nH]c(-c3ccccc3)n2)c1. The number of carbonyl (C=O) groups excluding carboxylic acids is 2. The second kappa shape index (κ2) is 8.30. The second-order valence-corrected chi connectivity index (χ2v) is 6.27. The van der Waals surface area contributed by atoms with Crippen LogP contribution in [0.2, 0.25) is 0 Å². The first kappa shape index (κ1) is 17.7. The Bertz CT molecular complexity index is 911. The summed E-state index contributed by atoms with van der Waals surface area (Å²) in [6.07, 6.45) is 0. The first-order valence-corrected chi connectivity index (χ1v) is 8.87. The topological polar surface area (TPSA) is 99.8 Å². The molecular formula is C18H17N5O2S. The van der Waals surface area contributed by atoms with Gasteiger partial charge < -0.3 is 10.6 Å². The molecule has 0 unspecified atom stereocenters. The van der Waals surface area contributed by atoms with Crippen LogP contribution in [0.5, 0.6) is 0 Å². The number of H-pyrrole nitrogens is 1. The Morgan fingerprint density at radius 3 is 2.69 bits per heavy atom. The largest absolute Gasteiger partial charge is 0.355 e. The predicted molar refractivity (Wildman–Crippen MR) is 101 cm³/mol. The highest BCUT2D eigenvalue weighted by Crippen LogP contribution is 2.19. The molecule has 7 nitrogen and oxygen atoms in total. The molecule has 0 aliphatic carbocycles. The lowest BCUT2D eigenvalue weighted by Crippen LogP contribution is -2.19. The van der Waals surface area contributed by atoms with Gasteiger partial charge in [0.25, 0.3) is 5.91 Å². The lowest BCUT2D eigenvalue weighted by atomic mass is 10.2. The van der Waals surface area contributed by atoms with Crippen molar-refractivity contribution >= 4 is 29.3 Å². The van der Waals surface area contributed by atoms with E-state index in [1.165, 1.54) is 11.8 Å². The van der Waals surface area contributed by atoms with Crippen molar-refractivity contribution in [3.63, 3.8) is 0 Å². The third-order valence-electron chi connectivity index (χ3n) is 3.48. The van der Waals surface area contributed by atoms with Gasteiger partial charge in [0, 0.05) is 23.9 Å².